The van der Waals surface area contributed by atoms with Crippen molar-refractivity contribution >= 4 is 11.7 Å². The highest BCUT2D eigenvalue weighted by atomic mass is 16.6. The maximum atomic E-state index is 11.3. The Balaban J connectivity index is 2.19. The molecule has 1 aromatic rings. The molecule has 114 valence electrons. The molecule has 1 fully saturated rings. The summed E-state index contributed by atoms with van der Waals surface area (Å²) in [6, 6.07) is 4.35. The minimum Gasteiger partial charge on any atom is -0.477 e. The van der Waals surface area contributed by atoms with Gasteiger partial charge in [0.1, 0.15) is 5.56 Å². The van der Waals surface area contributed by atoms with E-state index in [1.807, 2.05) is 0 Å². The van der Waals surface area contributed by atoms with Crippen molar-refractivity contribution in [3.8, 4) is 0 Å². The fraction of sp³-hybridized carbons (Fsp3) is 0.500. The molecule has 7 heteroatoms. The predicted molar refractivity (Wildman–Crippen MR) is 75.1 cm³/mol. The molecule has 0 aliphatic carbocycles. The third-order valence-electron chi connectivity index (χ3n) is 3.84. The van der Waals surface area contributed by atoms with Crippen molar-refractivity contribution in [3.05, 3.63) is 39.4 Å². The van der Waals surface area contributed by atoms with Crippen LogP contribution in [0, 0.1) is 16.0 Å². The zero-order valence-corrected chi connectivity index (χ0v) is 11.6. The molecule has 0 amide bonds. The Morgan fingerprint density at radius 3 is 2.86 bits per heavy atom. The van der Waals surface area contributed by atoms with E-state index < -0.39 is 10.9 Å². The van der Waals surface area contributed by atoms with Gasteiger partial charge in [-0.15, -0.1) is 0 Å². The highest BCUT2D eigenvalue weighted by Gasteiger charge is 2.27. The number of hydrogen-bond acceptors (Lipinski definition) is 5. The fourth-order valence-corrected chi connectivity index (χ4v) is 2.83. The van der Waals surface area contributed by atoms with Crippen LogP contribution in [-0.2, 0) is 6.54 Å². The molecular weight excluding hydrogens is 276 g/mol. The molecule has 21 heavy (non-hydrogen) atoms. The Morgan fingerprint density at radius 1 is 1.48 bits per heavy atom. The number of nitro groups is 1. The lowest BCUT2D eigenvalue weighted by molar-refractivity contribution is -0.385. The van der Waals surface area contributed by atoms with Crippen molar-refractivity contribution in [2.24, 2.45) is 5.92 Å². The van der Waals surface area contributed by atoms with E-state index in [0.717, 1.165) is 25.9 Å². The van der Waals surface area contributed by atoms with Gasteiger partial charge in [-0.2, -0.15) is 0 Å². The highest BCUT2D eigenvalue weighted by Crippen LogP contribution is 2.26. The van der Waals surface area contributed by atoms with E-state index in [2.05, 4.69) is 4.90 Å². The van der Waals surface area contributed by atoms with Crippen LogP contribution in [-0.4, -0.2) is 45.7 Å². The summed E-state index contributed by atoms with van der Waals surface area (Å²) in [7, 11) is 0. The van der Waals surface area contributed by atoms with Crippen LogP contribution >= 0.6 is 0 Å². The smallest absolute Gasteiger partial charge is 0.343 e. The predicted octanol–water partition coefficient (Wildman–Crippen LogP) is 1.50. The lowest BCUT2D eigenvalue weighted by Gasteiger charge is -2.17. The van der Waals surface area contributed by atoms with E-state index in [-0.39, 0.29) is 17.9 Å². The highest BCUT2D eigenvalue weighted by molar-refractivity contribution is 5.94. The monoisotopic (exact) mass is 294 g/mol. The zero-order valence-electron chi connectivity index (χ0n) is 11.6. The van der Waals surface area contributed by atoms with Crippen LogP contribution in [0.3, 0.4) is 0 Å². The van der Waals surface area contributed by atoms with Crippen LogP contribution in [0.25, 0.3) is 0 Å². The second-order valence-electron chi connectivity index (χ2n) is 5.28. The summed E-state index contributed by atoms with van der Waals surface area (Å²) >= 11 is 0. The minimum atomic E-state index is -1.27. The van der Waals surface area contributed by atoms with Crippen molar-refractivity contribution in [1.82, 2.24) is 4.90 Å². The van der Waals surface area contributed by atoms with E-state index in [0.29, 0.717) is 18.0 Å². The van der Waals surface area contributed by atoms with Gasteiger partial charge in [-0.25, -0.2) is 4.79 Å². The number of nitrogens with zero attached hydrogens (tertiary/aromatic N) is 2. The summed E-state index contributed by atoms with van der Waals surface area (Å²) < 4.78 is 0. The van der Waals surface area contributed by atoms with Crippen molar-refractivity contribution in [3.63, 3.8) is 0 Å². The fourth-order valence-electron chi connectivity index (χ4n) is 2.83. The topological polar surface area (TPSA) is 104 Å². The summed E-state index contributed by atoms with van der Waals surface area (Å²) in [5.41, 5.74) is -0.138. The molecule has 7 nitrogen and oxygen atoms in total. The second-order valence-corrected chi connectivity index (χ2v) is 5.28. The summed E-state index contributed by atoms with van der Waals surface area (Å²) in [4.78, 5) is 23.7. The van der Waals surface area contributed by atoms with Gasteiger partial charge in [0.05, 0.1) is 4.92 Å². The number of aliphatic hydroxyl groups excluding tert-OH is 1. The Kier molecular flexibility index (Phi) is 4.87. The molecule has 1 heterocycles. The lowest BCUT2D eigenvalue weighted by Crippen LogP contribution is -2.22. The van der Waals surface area contributed by atoms with E-state index in [1.165, 1.54) is 12.1 Å². The third-order valence-corrected chi connectivity index (χ3v) is 3.84. The van der Waals surface area contributed by atoms with E-state index in [4.69, 9.17) is 5.11 Å². The molecule has 0 radical (unpaired) electrons. The van der Waals surface area contributed by atoms with Crippen molar-refractivity contribution < 1.29 is 19.9 Å². The maximum Gasteiger partial charge on any atom is 0.343 e. The summed E-state index contributed by atoms with van der Waals surface area (Å²) in [6.07, 6.45) is 1.69. The van der Waals surface area contributed by atoms with Gasteiger partial charge in [0, 0.05) is 25.8 Å². The molecule has 0 spiro atoms. The Morgan fingerprint density at radius 2 is 2.24 bits per heavy atom. The molecule has 0 aromatic heterocycles. The quantitative estimate of drug-likeness (QED) is 0.608. The molecule has 1 saturated heterocycles. The number of carbonyl (C=O) groups is 1. The molecule has 2 rings (SSSR count). The summed E-state index contributed by atoms with van der Waals surface area (Å²) in [5.74, 6) is -0.870. The minimum absolute atomic E-state index is 0.149. The molecular formula is C14H18N2O5. The zero-order chi connectivity index (χ0) is 15.4. The Hall–Kier alpha value is -1.99. The van der Waals surface area contributed by atoms with Crippen LogP contribution in [0.4, 0.5) is 5.69 Å². The first-order valence-corrected chi connectivity index (χ1v) is 6.85. The van der Waals surface area contributed by atoms with Crippen LogP contribution in [0.2, 0.25) is 0 Å². The van der Waals surface area contributed by atoms with Gasteiger partial charge >= 0.3 is 5.97 Å². The molecule has 2 N–H and O–H groups in total. The number of carboxylic acids is 1. The van der Waals surface area contributed by atoms with Crippen LogP contribution < -0.4 is 0 Å². The van der Waals surface area contributed by atoms with E-state index in [1.54, 1.807) is 6.07 Å². The second kappa shape index (κ2) is 6.64. The van der Waals surface area contributed by atoms with Crippen LogP contribution in [0.15, 0.2) is 18.2 Å². The number of hydrogen-bond donors (Lipinski definition) is 2. The molecule has 1 aliphatic heterocycles. The average molecular weight is 294 g/mol. The Labute approximate surface area is 122 Å². The van der Waals surface area contributed by atoms with Gasteiger partial charge in [-0.1, -0.05) is 12.1 Å². The number of aliphatic hydroxyl groups is 1. The van der Waals surface area contributed by atoms with Gasteiger partial charge in [0.2, 0.25) is 0 Å². The number of aromatic carboxylic acids is 1. The molecule has 1 aliphatic rings. The van der Waals surface area contributed by atoms with Gasteiger partial charge in [0.15, 0.2) is 0 Å². The van der Waals surface area contributed by atoms with Crippen LogP contribution in [0.1, 0.15) is 28.8 Å². The SMILES string of the molecule is O=C(O)c1c(CN2CCC(CCO)C2)cccc1[N+](=O)[O-]. The normalized spacial score (nSPS) is 18.8. The molecule has 1 unspecified atom stereocenters. The summed E-state index contributed by atoms with van der Waals surface area (Å²) in [6.45, 7) is 2.12. The molecule has 1 aromatic carbocycles. The number of benzene rings is 1. The molecule has 1 atom stereocenters. The van der Waals surface area contributed by atoms with Gasteiger partial charge in [0.25, 0.3) is 5.69 Å². The number of carboxylic acid groups (broad SMARTS) is 1. The largest absolute Gasteiger partial charge is 0.477 e. The maximum absolute atomic E-state index is 11.3. The van der Waals surface area contributed by atoms with Crippen molar-refractivity contribution in [2.75, 3.05) is 19.7 Å². The first-order chi connectivity index (χ1) is 10.0. The van der Waals surface area contributed by atoms with Crippen molar-refractivity contribution in [2.45, 2.75) is 19.4 Å². The van der Waals surface area contributed by atoms with Gasteiger partial charge < -0.3 is 10.2 Å². The number of rotatable bonds is 6. The number of nitro benzene ring substituents is 1. The van der Waals surface area contributed by atoms with Gasteiger partial charge in [-0.3, -0.25) is 15.0 Å². The van der Waals surface area contributed by atoms with E-state index >= 15 is 0 Å². The summed E-state index contributed by atoms with van der Waals surface area (Å²) in [5, 5.41) is 29.1. The van der Waals surface area contributed by atoms with Crippen molar-refractivity contribution in [1.29, 1.82) is 0 Å². The van der Waals surface area contributed by atoms with E-state index in [9.17, 15) is 20.0 Å². The third kappa shape index (κ3) is 3.56. The van der Waals surface area contributed by atoms with Crippen LogP contribution in [0.5, 0.6) is 0 Å². The van der Waals surface area contributed by atoms with Gasteiger partial charge in [-0.05, 0) is 30.9 Å². The standard InChI is InChI=1S/C14H18N2O5/c17-7-5-10-4-6-15(8-10)9-11-2-1-3-12(16(20)21)13(11)14(18)19/h1-3,10,17H,4-9H2,(H,18,19). The molecule has 0 bridgehead atoms. The lowest BCUT2D eigenvalue weighted by atomic mass is 10.0. The Bertz CT molecular complexity index is 546. The number of likely N-dealkylation sites (tertiary alicyclic amines) is 1. The first-order valence-electron chi connectivity index (χ1n) is 6.85. The average Bonchev–Trinajstić information content (AvgIpc) is 2.86. The molecule has 0 saturated carbocycles. The first kappa shape index (κ1) is 15.4.